The molecule has 0 aromatic heterocycles. The van der Waals surface area contributed by atoms with Crippen molar-refractivity contribution >= 4 is 0 Å². The fraction of sp³-hybridized carbons (Fsp3) is 0.417. The maximum atomic E-state index is 3.04. The molecule has 1 radical (unpaired) electrons. The van der Waals surface area contributed by atoms with E-state index in [1.165, 1.54) is 5.56 Å². The predicted molar refractivity (Wildman–Crippen MR) is 55.0 cm³/mol. The molecule has 0 heterocycles. The maximum absolute atomic E-state index is 3.04. The van der Waals surface area contributed by atoms with Gasteiger partial charge >= 0.3 is 18.6 Å². The minimum atomic E-state index is 0. The van der Waals surface area contributed by atoms with Crippen LogP contribution in [0.15, 0.2) is 24.3 Å². The van der Waals surface area contributed by atoms with E-state index in [-0.39, 0.29) is 18.6 Å². The van der Waals surface area contributed by atoms with Crippen molar-refractivity contribution in [3.63, 3.8) is 0 Å². The molecular formula is C12H18V. The van der Waals surface area contributed by atoms with E-state index in [4.69, 9.17) is 0 Å². The van der Waals surface area contributed by atoms with Crippen LogP contribution in [0.1, 0.15) is 39.2 Å². The fourth-order valence-corrected chi connectivity index (χ4v) is 0.766. The average Bonchev–Trinajstić information content (AvgIpc) is 2.07. The summed E-state index contributed by atoms with van der Waals surface area (Å²) in [5.41, 5.74) is 1.36. The van der Waals surface area contributed by atoms with Gasteiger partial charge in [-0.3, -0.25) is 0 Å². The van der Waals surface area contributed by atoms with Crippen molar-refractivity contribution in [3.8, 4) is 0 Å². The third-order valence-electron chi connectivity index (χ3n) is 1.40. The summed E-state index contributed by atoms with van der Waals surface area (Å²) in [5.74, 6) is 0.627. The summed E-state index contributed by atoms with van der Waals surface area (Å²) >= 11 is 0. The Bertz CT molecular complexity index is 180. The number of hydrogen-bond donors (Lipinski definition) is 0. The zero-order chi connectivity index (χ0) is 9.40. The van der Waals surface area contributed by atoms with E-state index < -0.39 is 0 Å². The van der Waals surface area contributed by atoms with Gasteiger partial charge in [-0.15, -0.1) is 0 Å². The first-order valence-corrected chi connectivity index (χ1v) is 4.42. The zero-order valence-corrected chi connectivity index (χ0v) is 10.3. The molecule has 0 aliphatic rings. The molecule has 1 heteroatoms. The molecule has 1 aromatic rings. The Morgan fingerprint density at radius 3 is 2.08 bits per heavy atom. The first kappa shape index (κ1) is 15.3. The molecule has 0 spiro atoms. The summed E-state index contributed by atoms with van der Waals surface area (Å²) in [6.07, 6.45) is 2.00. The van der Waals surface area contributed by atoms with Crippen LogP contribution in [0, 0.1) is 12.5 Å². The second-order valence-electron chi connectivity index (χ2n) is 3.07. The molecule has 1 rings (SSSR count). The van der Waals surface area contributed by atoms with Gasteiger partial charge in [0.05, 0.1) is 0 Å². The van der Waals surface area contributed by atoms with Crippen LogP contribution in [0.3, 0.4) is 0 Å². The van der Waals surface area contributed by atoms with Gasteiger partial charge in [-0.2, -0.15) is 49.7 Å². The van der Waals surface area contributed by atoms with Crippen LogP contribution >= 0.6 is 0 Å². The van der Waals surface area contributed by atoms with Gasteiger partial charge in [0.15, 0.2) is 0 Å². The molecule has 0 nitrogen and oxygen atoms in total. The van der Waals surface area contributed by atoms with Crippen LogP contribution in [-0.2, 0) is 18.6 Å². The van der Waals surface area contributed by atoms with Crippen LogP contribution in [0.25, 0.3) is 0 Å². The minimum Gasteiger partial charge on any atom is -0.335 e. The smallest absolute Gasteiger partial charge is 0.335 e. The van der Waals surface area contributed by atoms with E-state index in [1.54, 1.807) is 0 Å². The van der Waals surface area contributed by atoms with E-state index in [9.17, 15) is 0 Å². The summed E-state index contributed by atoms with van der Waals surface area (Å²) in [6, 6.07) is 11.1. The van der Waals surface area contributed by atoms with E-state index in [2.05, 4.69) is 26.0 Å². The Kier molecular flexibility index (Phi) is 11.6. The first-order chi connectivity index (χ1) is 5.72. The standard InChI is InChI=1S/C9H11.C3H7.V/c1-8(2)9-6-4-3-5-7-9;1-3-2;/h3-4,6-8H,1-2H3;3H,1-2H3;/q2*-1;+2. The monoisotopic (exact) mass is 213 g/mol. The normalized spacial score (nSPS) is 8.38. The van der Waals surface area contributed by atoms with Crippen LogP contribution in [0.4, 0.5) is 0 Å². The number of hydrogen-bond acceptors (Lipinski definition) is 0. The minimum absolute atomic E-state index is 0. The summed E-state index contributed by atoms with van der Waals surface area (Å²) in [5, 5.41) is 0. The van der Waals surface area contributed by atoms with Crippen molar-refractivity contribution in [2.75, 3.05) is 0 Å². The van der Waals surface area contributed by atoms with Gasteiger partial charge in [0.1, 0.15) is 0 Å². The molecule has 71 valence electrons. The van der Waals surface area contributed by atoms with Crippen LogP contribution in [-0.4, -0.2) is 0 Å². The Hall–Kier alpha value is -0.196. The van der Waals surface area contributed by atoms with Crippen LogP contribution in [0.5, 0.6) is 0 Å². The molecule has 0 unspecified atom stereocenters. The molecule has 0 fully saturated rings. The summed E-state index contributed by atoms with van der Waals surface area (Å²) in [7, 11) is 0. The third kappa shape index (κ3) is 8.14. The van der Waals surface area contributed by atoms with E-state index in [0.717, 1.165) is 0 Å². The molecule has 0 N–H and O–H groups in total. The van der Waals surface area contributed by atoms with Crippen molar-refractivity contribution in [1.82, 2.24) is 0 Å². The fourth-order valence-electron chi connectivity index (χ4n) is 0.766. The first-order valence-electron chi connectivity index (χ1n) is 4.42. The molecule has 0 amide bonds. The molecule has 1 aromatic carbocycles. The van der Waals surface area contributed by atoms with Crippen molar-refractivity contribution in [3.05, 3.63) is 42.3 Å². The molecule has 0 aliphatic carbocycles. The van der Waals surface area contributed by atoms with Crippen molar-refractivity contribution in [1.29, 1.82) is 0 Å². The van der Waals surface area contributed by atoms with E-state index >= 15 is 0 Å². The molecule has 0 saturated carbocycles. The Morgan fingerprint density at radius 2 is 1.85 bits per heavy atom. The molecule has 0 aliphatic heterocycles. The Morgan fingerprint density at radius 1 is 1.31 bits per heavy atom. The maximum Gasteiger partial charge on any atom is 2.00 e. The van der Waals surface area contributed by atoms with E-state index in [0.29, 0.717) is 5.92 Å². The van der Waals surface area contributed by atoms with Gasteiger partial charge in [-0.1, -0.05) is 19.8 Å². The largest absolute Gasteiger partial charge is 2.00 e. The number of rotatable bonds is 1. The Balaban J connectivity index is 0. The molecule has 0 saturated heterocycles. The van der Waals surface area contributed by atoms with Gasteiger partial charge < -0.3 is 6.42 Å². The summed E-state index contributed by atoms with van der Waals surface area (Å²) in [4.78, 5) is 0. The van der Waals surface area contributed by atoms with Gasteiger partial charge in [0.25, 0.3) is 0 Å². The van der Waals surface area contributed by atoms with Gasteiger partial charge in [0.2, 0.25) is 0 Å². The summed E-state index contributed by atoms with van der Waals surface area (Å²) in [6.45, 7) is 8.37. The number of benzene rings is 1. The van der Waals surface area contributed by atoms with Gasteiger partial charge in [-0.05, 0) is 0 Å². The van der Waals surface area contributed by atoms with Crippen molar-refractivity contribution in [2.24, 2.45) is 0 Å². The molecule has 0 bridgehead atoms. The summed E-state index contributed by atoms with van der Waals surface area (Å²) < 4.78 is 0. The average molecular weight is 213 g/mol. The second-order valence-corrected chi connectivity index (χ2v) is 3.07. The van der Waals surface area contributed by atoms with Crippen LogP contribution in [0.2, 0.25) is 0 Å². The predicted octanol–water partition coefficient (Wildman–Crippen LogP) is 3.84. The van der Waals surface area contributed by atoms with Crippen LogP contribution < -0.4 is 0 Å². The SMILES string of the molecule is CC(C)c1c[c-]ccc1.C[CH-]C.[V+2]. The van der Waals surface area contributed by atoms with Gasteiger partial charge in [0, 0.05) is 0 Å². The zero-order valence-electron chi connectivity index (χ0n) is 8.91. The van der Waals surface area contributed by atoms with Crippen molar-refractivity contribution in [2.45, 2.75) is 33.6 Å². The van der Waals surface area contributed by atoms with Gasteiger partial charge in [-0.25, -0.2) is 0 Å². The Labute approximate surface area is 94.6 Å². The molecule has 0 atom stereocenters. The molecule has 13 heavy (non-hydrogen) atoms. The third-order valence-corrected chi connectivity index (χ3v) is 1.40. The van der Waals surface area contributed by atoms with E-state index in [1.807, 2.05) is 38.5 Å². The molecular weight excluding hydrogens is 195 g/mol. The second kappa shape index (κ2) is 9.89. The quantitative estimate of drug-likeness (QED) is 0.622. The van der Waals surface area contributed by atoms with Crippen molar-refractivity contribution < 1.29 is 18.6 Å². The topological polar surface area (TPSA) is 0 Å².